The molecule has 0 bridgehead atoms. The van der Waals surface area contributed by atoms with Crippen molar-refractivity contribution in [3.63, 3.8) is 0 Å². The molecule has 2 N–H and O–H groups in total. The van der Waals surface area contributed by atoms with E-state index < -0.39 is 5.91 Å². The number of anilines is 1. The van der Waals surface area contributed by atoms with Crippen molar-refractivity contribution in [1.29, 1.82) is 5.26 Å². The summed E-state index contributed by atoms with van der Waals surface area (Å²) in [6.07, 6.45) is 0. The second-order valence-corrected chi connectivity index (χ2v) is 5.25. The summed E-state index contributed by atoms with van der Waals surface area (Å²) in [5, 5.41) is 8.99. The number of nitriles is 1. The Labute approximate surface area is 114 Å². The zero-order valence-corrected chi connectivity index (χ0v) is 11.0. The van der Waals surface area contributed by atoms with Gasteiger partial charge in [0, 0.05) is 5.69 Å². The lowest BCUT2D eigenvalue weighted by molar-refractivity contribution is -0.116. The summed E-state index contributed by atoms with van der Waals surface area (Å²) in [5.41, 5.74) is 5.62. The molecule has 1 atom stereocenters. The third-order valence-electron chi connectivity index (χ3n) is 2.65. The number of hydrogen-bond donors (Lipinski definition) is 1. The average Bonchev–Trinajstić information content (AvgIpc) is 2.67. The molecule has 1 aromatic carbocycles. The highest BCUT2D eigenvalue weighted by atomic mass is 32.2. The molecule has 19 heavy (non-hydrogen) atoms. The van der Waals surface area contributed by atoms with Crippen molar-refractivity contribution in [3.8, 4) is 6.07 Å². The smallest absolute Gasteiger partial charge is 0.262 e. The SMILES string of the molecule is C[C@@H]1S/C(=C(/C#N)C(N)=O)N(c2ccccc2)C1=O. The Morgan fingerprint density at radius 1 is 1.42 bits per heavy atom. The van der Waals surface area contributed by atoms with Crippen LogP contribution in [-0.4, -0.2) is 17.1 Å². The topological polar surface area (TPSA) is 87.2 Å². The Hall–Kier alpha value is -2.26. The molecule has 1 aliphatic heterocycles. The molecule has 6 heteroatoms. The number of primary amides is 1. The average molecular weight is 273 g/mol. The molecule has 1 aliphatic rings. The van der Waals surface area contributed by atoms with E-state index in [2.05, 4.69) is 0 Å². The largest absolute Gasteiger partial charge is 0.365 e. The minimum atomic E-state index is -0.826. The van der Waals surface area contributed by atoms with E-state index in [1.54, 1.807) is 37.3 Å². The van der Waals surface area contributed by atoms with Crippen LogP contribution < -0.4 is 10.6 Å². The second kappa shape index (κ2) is 5.16. The highest BCUT2D eigenvalue weighted by molar-refractivity contribution is 8.05. The zero-order valence-electron chi connectivity index (χ0n) is 10.2. The monoisotopic (exact) mass is 273 g/mol. The van der Waals surface area contributed by atoms with Gasteiger partial charge < -0.3 is 5.73 Å². The van der Waals surface area contributed by atoms with E-state index in [1.165, 1.54) is 16.7 Å². The number of nitrogens with zero attached hydrogens (tertiary/aromatic N) is 2. The Morgan fingerprint density at radius 2 is 2.05 bits per heavy atom. The molecule has 5 nitrogen and oxygen atoms in total. The quantitative estimate of drug-likeness (QED) is 0.651. The van der Waals surface area contributed by atoms with Crippen molar-refractivity contribution in [3.05, 3.63) is 40.9 Å². The molecule has 2 amide bonds. The van der Waals surface area contributed by atoms with Crippen LogP contribution in [0.3, 0.4) is 0 Å². The van der Waals surface area contributed by atoms with E-state index in [-0.39, 0.29) is 16.7 Å². The molecule has 1 saturated heterocycles. The van der Waals surface area contributed by atoms with Gasteiger partial charge in [0.25, 0.3) is 5.91 Å². The lowest BCUT2D eigenvalue weighted by atomic mass is 10.2. The molecule has 96 valence electrons. The first-order chi connectivity index (χ1) is 9.06. The number of hydrogen-bond acceptors (Lipinski definition) is 4. The first-order valence-electron chi connectivity index (χ1n) is 5.56. The summed E-state index contributed by atoms with van der Waals surface area (Å²) < 4.78 is 0. The fourth-order valence-corrected chi connectivity index (χ4v) is 2.86. The first-order valence-corrected chi connectivity index (χ1v) is 6.44. The van der Waals surface area contributed by atoms with Gasteiger partial charge in [-0.25, -0.2) is 0 Å². The van der Waals surface area contributed by atoms with Gasteiger partial charge in [0.1, 0.15) is 16.7 Å². The van der Waals surface area contributed by atoms with Gasteiger partial charge in [-0.3, -0.25) is 14.5 Å². The lowest BCUT2D eigenvalue weighted by Gasteiger charge is -2.17. The van der Waals surface area contributed by atoms with E-state index in [1.807, 2.05) is 6.07 Å². The van der Waals surface area contributed by atoms with Gasteiger partial charge in [0.05, 0.1) is 5.25 Å². The highest BCUT2D eigenvalue weighted by Gasteiger charge is 2.37. The number of carbonyl (C=O) groups excluding carboxylic acids is 2. The van der Waals surface area contributed by atoms with Crippen molar-refractivity contribution >= 4 is 29.3 Å². The third kappa shape index (κ3) is 2.33. The normalized spacial score (nSPS) is 21.2. The second-order valence-electron chi connectivity index (χ2n) is 3.93. The van der Waals surface area contributed by atoms with Crippen LogP contribution in [0.5, 0.6) is 0 Å². The molecule has 0 aliphatic carbocycles. The van der Waals surface area contributed by atoms with Crippen molar-refractivity contribution in [2.75, 3.05) is 4.90 Å². The van der Waals surface area contributed by atoms with E-state index in [4.69, 9.17) is 11.0 Å². The molecular formula is C13H11N3O2S. The van der Waals surface area contributed by atoms with Crippen molar-refractivity contribution in [2.24, 2.45) is 5.73 Å². The maximum atomic E-state index is 12.2. The van der Waals surface area contributed by atoms with E-state index in [0.717, 1.165) is 0 Å². The summed E-state index contributed by atoms with van der Waals surface area (Å²) in [5.74, 6) is -0.993. The van der Waals surface area contributed by atoms with E-state index in [0.29, 0.717) is 10.7 Å². The standard InChI is InChI=1S/C13H11N3O2S/c1-8-12(18)16(9-5-3-2-4-6-9)13(19-8)10(7-14)11(15)17/h2-6,8H,1H3,(H2,15,17)/b13-10-/t8-/m0/s1. The fraction of sp³-hybridized carbons (Fsp3) is 0.154. The number of para-hydroxylation sites is 1. The van der Waals surface area contributed by atoms with Gasteiger partial charge in [-0.15, -0.1) is 0 Å². The molecule has 1 fully saturated rings. The van der Waals surface area contributed by atoms with Crippen LogP contribution in [0.2, 0.25) is 0 Å². The van der Waals surface area contributed by atoms with Crippen LogP contribution in [0.15, 0.2) is 40.9 Å². The summed E-state index contributed by atoms with van der Waals surface area (Å²) in [4.78, 5) is 24.8. The predicted octanol–water partition coefficient (Wildman–Crippen LogP) is 1.38. The molecule has 0 aromatic heterocycles. The van der Waals surface area contributed by atoms with Crippen LogP contribution in [0, 0.1) is 11.3 Å². The maximum Gasteiger partial charge on any atom is 0.262 e. The van der Waals surface area contributed by atoms with Gasteiger partial charge in [0.15, 0.2) is 0 Å². The van der Waals surface area contributed by atoms with Crippen LogP contribution in [0.25, 0.3) is 0 Å². The van der Waals surface area contributed by atoms with Gasteiger partial charge in [-0.2, -0.15) is 5.26 Å². The minimum Gasteiger partial charge on any atom is -0.365 e. The third-order valence-corrected chi connectivity index (χ3v) is 3.81. The lowest BCUT2D eigenvalue weighted by Crippen LogP contribution is -2.29. The summed E-state index contributed by atoms with van der Waals surface area (Å²) in [7, 11) is 0. The van der Waals surface area contributed by atoms with Crippen LogP contribution >= 0.6 is 11.8 Å². The van der Waals surface area contributed by atoms with Crippen molar-refractivity contribution in [1.82, 2.24) is 0 Å². The van der Waals surface area contributed by atoms with Gasteiger partial charge in [0.2, 0.25) is 5.91 Å². The van der Waals surface area contributed by atoms with Crippen molar-refractivity contribution < 1.29 is 9.59 Å². The number of carbonyl (C=O) groups is 2. The summed E-state index contributed by atoms with van der Waals surface area (Å²) >= 11 is 1.17. The molecule has 2 rings (SSSR count). The number of rotatable bonds is 2. The Morgan fingerprint density at radius 3 is 2.58 bits per heavy atom. The Bertz CT molecular complexity index is 604. The molecule has 0 spiro atoms. The summed E-state index contributed by atoms with van der Waals surface area (Å²) in [6, 6.07) is 10.6. The number of benzene rings is 1. The van der Waals surface area contributed by atoms with Gasteiger partial charge in [-0.1, -0.05) is 30.0 Å². The Kier molecular flexibility index (Phi) is 3.58. The fourth-order valence-electron chi connectivity index (χ4n) is 1.75. The first kappa shape index (κ1) is 13.2. The number of nitrogens with two attached hydrogens (primary N) is 1. The zero-order chi connectivity index (χ0) is 14.0. The van der Waals surface area contributed by atoms with Crippen LogP contribution in [-0.2, 0) is 9.59 Å². The van der Waals surface area contributed by atoms with Crippen molar-refractivity contribution in [2.45, 2.75) is 12.2 Å². The molecule has 1 aromatic rings. The van der Waals surface area contributed by atoms with Gasteiger partial charge in [-0.05, 0) is 19.1 Å². The Balaban J connectivity index is 2.58. The summed E-state index contributed by atoms with van der Waals surface area (Å²) in [6.45, 7) is 1.73. The van der Waals surface area contributed by atoms with E-state index in [9.17, 15) is 9.59 Å². The highest BCUT2D eigenvalue weighted by Crippen LogP contribution is 2.40. The molecule has 0 radical (unpaired) electrons. The molecule has 0 unspecified atom stereocenters. The number of amides is 2. The number of thioether (sulfide) groups is 1. The molecular weight excluding hydrogens is 262 g/mol. The van der Waals surface area contributed by atoms with E-state index >= 15 is 0 Å². The minimum absolute atomic E-state index is 0.166. The maximum absolute atomic E-state index is 12.2. The predicted molar refractivity (Wildman–Crippen MR) is 72.8 cm³/mol. The van der Waals surface area contributed by atoms with Crippen LogP contribution in [0.1, 0.15) is 6.92 Å². The molecule has 0 saturated carbocycles. The van der Waals surface area contributed by atoms with Gasteiger partial charge >= 0.3 is 0 Å². The van der Waals surface area contributed by atoms with Crippen LogP contribution in [0.4, 0.5) is 5.69 Å². The molecule has 1 heterocycles.